The van der Waals surface area contributed by atoms with Crippen molar-refractivity contribution in [3.05, 3.63) is 58.7 Å². The molecule has 3 aromatic rings. The molecule has 1 saturated heterocycles. The number of nitrogens with zero attached hydrogens (tertiary/aromatic N) is 2. The Bertz CT molecular complexity index is 955. The van der Waals surface area contributed by atoms with Crippen LogP contribution in [0.1, 0.15) is 17.5 Å². The minimum atomic E-state index is -4.34. The first-order valence-electron chi connectivity index (χ1n) is 8.08. The van der Waals surface area contributed by atoms with Crippen LogP contribution < -0.4 is 4.90 Å². The van der Waals surface area contributed by atoms with E-state index in [9.17, 15) is 13.2 Å². The number of benzene rings is 2. The van der Waals surface area contributed by atoms with E-state index in [1.54, 1.807) is 0 Å². The Morgan fingerprint density at radius 3 is 2.36 bits per heavy atom. The lowest BCUT2D eigenvalue weighted by atomic mass is 10.1. The van der Waals surface area contributed by atoms with E-state index in [-0.39, 0.29) is 0 Å². The van der Waals surface area contributed by atoms with Crippen molar-refractivity contribution < 1.29 is 13.2 Å². The zero-order chi connectivity index (χ0) is 17.8. The number of aromatic nitrogens is 1. The Labute approximate surface area is 148 Å². The number of fused-ring (bicyclic) bond motifs is 1. The SMILES string of the molecule is Cc1cn(-c2cc(Cl)cc(N3CCC3)c2)c2ccc(C(F)(F)F)cc12. The maximum absolute atomic E-state index is 13.0. The zero-order valence-electron chi connectivity index (χ0n) is 13.6. The highest BCUT2D eigenvalue weighted by Crippen LogP contribution is 2.35. The molecule has 1 aromatic heterocycles. The average Bonchev–Trinajstić information content (AvgIpc) is 2.81. The summed E-state index contributed by atoms with van der Waals surface area (Å²) in [7, 11) is 0. The van der Waals surface area contributed by atoms with E-state index in [2.05, 4.69) is 4.90 Å². The number of hydrogen-bond acceptors (Lipinski definition) is 1. The van der Waals surface area contributed by atoms with Gasteiger partial charge in [-0.05, 0) is 55.3 Å². The van der Waals surface area contributed by atoms with Gasteiger partial charge in [-0.25, -0.2) is 0 Å². The molecule has 1 aliphatic rings. The van der Waals surface area contributed by atoms with Crippen LogP contribution in [0, 0.1) is 6.92 Å². The van der Waals surface area contributed by atoms with Gasteiger partial charge in [0.05, 0.1) is 11.1 Å². The van der Waals surface area contributed by atoms with Gasteiger partial charge in [-0.2, -0.15) is 13.2 Å². The van der Waals surface area contributed by atoms with E-state index in [1.807, 2.05) is 35.9 Å². The molecule has 6 heteroatoms. The van der Waals surface area contributed by atoms with E-state index in [4.69, 9.17) is 11.6 Å². The van der Waals surface area contributed by atoms with E-state index >= 15 is 0 Å². The van der Waals surface area contributed by atoms with Gasteiger partial charge in [0.1, 0.15) is 0 Å². The zero-order valence-corrected chi connectivity index (χ0v) is 14.3. The summed E-state index contributed by atoms with van der Waals surface area (Å²) in [4.78, 5) is 2.23. The van der Waals surface area contributed by atoms with Crippen molar-refractivity contribution >= 4 is 28.2 Å². The standard InChI is InChI=1S/C19H16ClF3N2/c1-12-11-25(18-4-3-13(7-17(12)18)19(21,22)23)16-9-14(20)8-15(10-16)24-5-2-6-24/h3-4,7-11H,2,5-6H2,1H3. The van der Waals surface area contributed by atoms with Gasteiger partial charge in [0.25, 0.3) is 0 Å². The van der Waals surface area contributed by atoms with Crippen molar-refractivity contribution in [2.75, 3.05) is 18.0 Å². The summed E-state index contributed by atoms with van der Waals surface area (Å²) in [6, 6.07) is 9.64. The summed E-state index contributed by atoms with van der Waals surface area (Å²) >= 11 is 6.28. The van der Waals surface area contributed by atoms with Crippen LogP contribution in [0.2, 0.25) is 5.02 Å². The summed E-state index contributed by atoms with van der Waals surface area (Å²) < 4.78 is 40.9. The Balaban J connectivity index is 1.86. The number of anilines is 1. The molecule has 2 aromatic carbocycles. The molecule has 0 unspecified atom stereocenters. The normalized spacial score (nSPS) is 14.8. The van der Waals surface area contributed by atoms with Crippen LogP contribution in [-0.2, 0) is 6.18 Å². The largest absolute Gasteiger partial charge is 0.416 e. The summed E-state index contributed by atoms with van der Waals surface area (Å²) in [6.45, 7) is 3.82. The molecule has 2 nitrogen and oxygen atoms in total. The lowest BCUT2D eigenvalue weighted by molar-refractivity contribution is -0.137. The second kappa shape index (κ2) is 5.70. The summed E-state index contributed by atoms with van der Waals surface area (Å²) in [5.74, 6) is 0. The lowest BCUT2D eigenvalue weighted by Crippen LogP contribution is -2.36. The third kappa shape index (κ3) is 2.86. The first kappa shape index (κ1) is 16.3. The average molecular weight is 365 g/mol. The van der Waals surface area contributed by atoms with Crippen molar-refractivity contribution in [3.8, 4) is 5.69 Å². The van der Waals surface area contributed by atoms with Gasteiger partial charge in [0, 0.05) is 41.1 Å². The van der Waals surface area contributed by atoms with Crippen molar-refractivity contribution in [2.24, 2.45) is 0 Å². The smallest absolute Gasteiger partial charge is 0.371 e. The third-order valence-corrected chi connectivity index (χ3v) is 4.92. The number of alkyl halides is 3. The van der Waals surface area contributed by atoms with Crippen LogP contribution >= 0.6 is 11.6 Å². The molecule has 2 heterocycles. The summed E-state index contributed by atoms with van der Waals surface area (Å²) in [6.07, 6.45) is -1.33. The summed E-state index contributed by atoms with van der Waals surface area (Å²) in [5, 5.41) is 1.21. The second-order valence-corrected chi connectivity index (χ2v) is 6.86. The first-order chi connectivity index (χ1) is 11.8. The number of aryl methyl sites for hydroxylation is 1. The third-order valence-electron chi connectivity index (χ3n) is 4.70. The van der Waals surface area contributed by atoms with Gasteiger partial charge in [-0.15, -0.1) is 0 Å². The molecule has 25 heavy (non-hydrogen) atoms. The molecule has 1 fully saturated rings. The van der Waals surface area contributed by atoms with Crippen LogP contribution in [0.15, 0.2) is 42.6 Å². The quantitative estimate of drug-likeness (QED) is 0.556. The van der Waals surface area contributed by atoms with Crippen molar-refractivity contribution in [3.63, 3.8) is 0 Å². The van der Waals surface area contributed by atoms with Crippen LogP contribution in [0.3, 0.4) is 0 Å². The maximum atomic E-state index is 13.0. The molecule has 1 aliphatic heterocycles. The minimum Gasteiger partial charge on any atom is -0.371 e. The highest BCUT2D eigenvalue weighted by molar-refractivity contribution is 6.31. The fourth-order valence-corrected chi connectivity index (χ4v) is 3.46. The van der Waals surface area contributed by atoms with Gasteiger partial charge in [0.2, 0.25) is 0 Å². The van der Waals surface area contributed by atoms with Gasteiger partial charge >= 0.3 is 6.18 Å². The Kier molecular flexibility index (Phi) is 3.72. The molecular weight excluding hydrogens is 349 g/mol. The summed E-state index contributed by atoms with van der Waals surface area (Å²) in [5.41, 5.74) is 2.80. The van der Waals surface area contributed by atoms with Gasteiger partial charge < -0.3 is 9.47 Å². The molecule has 0 saturated carbocycles. The van der Waals surface area contributed by atoms with E-state index in [1.165, 1.54) is 12.1 Å². The topological polar surface area (TPSA) is 8.17 Å². The monoisotopic (exact) mass is 364 g/mol. The number of rotatable bonds is 2. The molecular formula is C19H16ClF3N2. The predicted octanol–water partition coefficient (Wildman–Crippen LogP) is 5.82. The van der Waals surface area contributed by atoms with E-state index in [0.717, 1.165) is 48.0 Å². The van der Waals surface area contributed by atoms with Crippen molar-refractivity contribution in [2.45, 2.75) is 19.5 Å². The van der Waals surface area contributed by atoms with Crippen LogP contribution in [0.25, 0.3) is 16.6 Å². The first-order valence-corrected chi connectivity index (χ1v) is 8.45. The van der Waals surface area contributed by atoms with Crippen LogP contribution in [0.5, 0.6) is 0 Å². The van der Waals surface area contributed by atoms with E-state index in [0.29, 0.717) is 10.4 Å². The molecule has 0 radical (unpaired) electrons. The second-order valence-electron chi connectivity index (χ2n) is 6.42. The fourth-order valence-electron chi connectivity index (χ4n) is 3.24. The fraction of sp³-hybridized carbons (Fsp3) is 0.263. The number of halogens is 4. The van der Waals surface area contributed by atoms with Gasteiger partial charge in [0.15, 0.2) is 0 Å². The Morgan fingerprint density at radius 1 is 1.00 bits per heavy atom. The van der Waals surface area contributed by atoms with Gasteiger partial charge in [-0.1, -0.05) is 11.6 Å². The van der Waals surface area contributed by atoms with E-state index < -0.39 is 11.7 Å². The maximum Gasteiger partial charge on any atom is 0.416 e. The van der Waals surface area contributed by atoms with Crippen molar-refractivity contribution in [1.82, 2.24) is 4.57 Å². The molecule has 0 atom stereocenters. The Hall–Kier alpha value is -2.14. The molecule has 0 bridgehead atoms. The highest BCUT2D eigenvalue weighted by Gasteiger charge is 2.31. The highest BCUT2D eigenvalue weighted by atomic mass is 35.5. The predicted molar refractivity (Wildman–Crippen MR) is 94.9 cm³/mol. The molecule has 0 N–H and O–H groups in total. The lowest BCUT2D eigenvalue weighted by Gasteiger charge is -2.33. The molecule has 0 amide bonds. The molecule has 0 aliphatic carbocycles. The molecule has 130 valence electrons. The molecule has 4 rings (SSSR count). The van der Waals surface area contributed by atoms with Crippen LogP contribution in [0.4, 0.5) is 18.9 Å². The van der Waals surface area contributed by atoms with Crippen molar-refractivity contribution in [1.29, 1.82) is 0 Å². The Morgan fingerprint density at radius 2 is 1.72 bits per heavy atom. The van der Waals surface area contributed by atoms with Gasteiger partial charge in [-0.3, -0.25) is 0 Å². The molecule has 0 spiro atoms. The minimum absolute atomic E-state index is 0.598. The number of hydrogen-bond donors (Lipinski definition) is 0. The van der Waals surface area contributed by atoms with Crippen LogP contribution in [-0.4, -0.2) is 17.7 Å².